The number of carbonyl (C=O) groups excluding carboxylic acids is 1. The van der Waals surface area contributed by atoms with Crippen LogP contribution in [0.25, 0.3) is 0 Å². The number of aliphatic hydroxyl groups is 3. The predicted molar refractivity (Wildman–Crippen MR) is 87.3 cm³/mol. The molecule has 0 aromatic rings. The number of esters is 1. The lowest BCUT2D eigenvalue weighted by atomic mass is 9.47. The summed E-state index contributed by atoms with van der Waals surface area (Å²) in [5, 5.41) is 29.7. The molecule has 1 aliphatic heterocycles. The van der Waals surface area contributed by atoms with Crippen molar-refractivity contribution in [3.05, 3.63) is 11.6 Å². The predicted octanol–water partition coefficient (Wildman–Crippen LogP) is 0.364. The van der Waals surface area contributed by atoms with Crippen LogP contribution in [0.1, 0.15) is 34.1 Å². The average molecular weight is 356 g/mol. The van der Waals surface area contributed by atoms with Crippen LogP contribution >= 0.6 is 0 Å². The van der Waals surface area contributed by atoms with Crippen molar-refractivity contribution in [2.45, 2.75) is 70.9 Å². The van der Waals surface area contributed by atoms with E-state index in [2.05, 4.69) is 26.8 Å². The van der Waals surface area contributed by atoms with Gasteiger partial charge in [0.2, 0.25) is 0 Å². The van der Waals surface area contributed by atoms with E-state index in [1.165, 1.54) is 12.5 Å². The first kappa shape index (κ1) is 18.8. The van der Waals surface area contributed by atoms with Crippen LogP contribution < -0.4 is 0 Å². The molecule has 7 heteroatoms. The van der Waals surface area contributed by atoms with Gasteiger partial charge >= 0.3 is 5.97 Å². The van der Waals surface area contributed by atoms with Gasteiger partial charge in [-0.2, -0.15) is 0 Å². The third-order valence-electron chi connectivity index (χ3n) is 6.08. The molecule has 142 valence electrons. The van der Waals surface area contributed by atoms with Gasteiger partial charge in [-0.15, -0.1) is 0 Å². The minimum atomic E-state index is -1.38. The van der Waals surface area contributed by atoms with Gasteiger partial charge in [0.1, 0.15) is 18.3 Å². The summed E-state index contributed by atoms with van der Waals surface area (Å²) in [6.45, 7) is 7.26. The Morgan fingerprint density at radius 1 is 1.32 bits per heavy atom. The van der Waals surface area contributed by atoms with E-state index in [-0.39, 0.29) is 17.4 Å². The Morgan fingerprint density at radius 3 is 2.52 bits per heavy atom. The zero-order chi connectivity index (χ0) is 18.5. The van der Waals surface area contributed by atoms with Crippen molar-refractivity contribution in [3.8, 4) is 0 Å². The Bertz CT molecular complexity index is 558. The Labute approximate surface area is 147 Å². The van der Waals surface area contributed by atoms with Crippen LogP contribution in [0.4, 0.5) is 0 Å². The third-order valence-corrected chi connectivity index (χ3v) is 6.08. The minimum Gasteiger partial charge on any atom is -0.454 e. The average Bonchev–Trinajstić information content (AvgIpc) is 2.53. The number of carbonyl (C=O) groups is 1. The van der Waals surface area contributed by atoms with Gasteiger partial charge in [-0.25, -0.2) is 0 Å². The highest BCUT2D eigenvalue weighted by molar-refractivity contribution is 5.66. The molecule has 0 aromatic heterocycles. The molecule has 0 spiro atoms. The molecular weight excluding hydrogens is 328 g/mol. The van der Waals surface area contributed by atoms with Crippen LogP contribution in [0, 0.1) is 17.3 Å². The maximum Gasteiger partial charge on any atom is 0.303 e. The molecule has 2 bridgehead atoms. The topological polar surface area (TPSA) is 105 Å². The quantitative estimate of drug-likeness (QED) is 0.493. The summed E-state index contributed by atoms with van der Waals surface area (Å²) >= 11 is 0. The number of hydrogen-bond acceptors (Lipinski definition) is 7. The van der Waals surface area contributed by atoms with Crippen LogP contribution in [0.5, 0.6) is 0 Å². The second-order valence-corrected chi connectivity index (χ2v) is 7.97. The van der Waals surface area contributed by atoms with Crippen molar-refractivity contribution < 1.29 is 34.3 Å². The summed E-state index contributed by atoms with van der Waals surface area (Å²) in [5.74, 6) is -0.0650. The first-order valence-electron chi connectivity index (χ1n) is 8.80. The molecule has 3 rings (SSSR count). The molecule has 0 aromatic carbocycles. The van der Waals surface area contributed by atoms with Crippen LogP contribution in [0.2, 0.25) is 0 Å². The molecule has 0 amide bonds. The van der Waals surface area contributed by atoms with Crippen LogP contribution in [-0.2, 0) is 19.0 Å². The van der Waals surface area contributed by atoms with Gasteiger partial charge in [-0.05, 0) is 24.7 Å². The van der Waals surface area contributed by atoms with Crippen LogP contribution in [0.3, 0.4) is 0 Å². The molecule has 3 N–H and O–H groups in total. The van der Waals surface area contributed by atoms with Crippen LogP contribution in [-0.4, -0.2) is 64.7 Å². The molecular formula is C18H28O7. The number of hydrogen-bond donors (Lipinski definition) is 3. The van der Waals surface area contributed by atoms with Gasteiger partial charge in [0.05, 0.1) is 12.7 Å². The Kier molecular flexibility index (Phi) is 4.98. The summed E-state index contributed by atoms with van der Waals surface area (Å²) in [6.07, 6.45) is -2.88. The lowest BCUT2D eigenvalue weighted by molar-refractivity contribution is -0.340. The lowest BCUT2D eigenvalue weighted by Gasteiger charge is -2.62. The van der Waals surface area contributed by atoms with Crippen molar-refractivity contribution in [1.29, 1.82) is 0 Å². The van der Waals surface area contributed by atoms with E-state index in [1.54, 1.807) is 0 Å². The summed E-state index contributed by atoms with van der Waals surface area (Å²) in [6, 6.07) is 0. The van der Waals surface area contributed by atoms with Gasteiger partial charge in [0.15, 0.2) is 12.4 Å². The van der Waals surface area contributed by atoms with E-state index >= 15 is 0 Å². The van der Waals surface area contributed by atoms with E-state index in [1.807, 2.05) is 0 Å². The Hall–Kier alpha value is -0.990. The molecule has 1 saturated heterocycles. The molecule has 0 radical (unpaired) electrons. The minimum absolute atomic E-state index is 0.107. The number of ether oxygens (including phenoxy) is 3. The SMILES string of the molecule is CC(=O)O[C@H]1[C@H](O[C@@H]2C3CC=C(C)C2C3(C)C)O[C@H](CO)[C@@H](O)[C@@H]1O. The molecule has 7 nitrogen and oxygen atoms in total. The first-order valence-corrected chi connectivity index (χ1v) is 8.80. The largest absolute Gasteiger partial charge is 0.454 e. The monoisotopic (exact) mass is 356 g/mol. The van der Waals surface area contributed by atoms with E-state index in [0.29, 0.717) is 5.92 Å². The molecule has 1 saturated carbocycles. The summed E-state index contributed by atoms with van der Waals surface area (Å²) < 4.78 is 16.9. The molecule has 8 atom stereocenters. The van der Waals surface area contributed by atoms with Crippen molar-refractivity contribution in [3.63, 3.8) is 0 Å². The maximum atomic E-state index is 11.4. The zero-order valence-corrected chi connectivity index (χ0v) is 15.1. The van der Waals surface area contributed by atoms with Crippen molar-refractivity contribution >= 4 is 5.97 Å². The number of allylic oxidation sites excluding steroid dienone is 1. The normalized spacial score (nSPS) is 45.3. The van der Waals surface area contributed by atoms with Gasteiger partial charge in [0, 0.05) is 12.8 Å². The van der Waals surface area contributed by atoms with Crippen LogP contribution in [0.15, 0.2) is 11.6 Å². The molecule has 25 heavy (non-hydrogen) atoms. The fraction of sp³-hybridized carbons (Fsp3) is 0.833. The lowest BCUT2D eigenvalue weighted by Crippen LogP contribution is -2.66. The second-order valence-electron chi connectivity index (χ2n) is 7.97. The molecule has 2 fully saturated rings. The van der Waals surface area contributed by atoms with Gasteiger partial charge in [0.25, 0.3) is 0 Å². The van der Waals surface area contributed by atoms with E-state index in [9.17, 15) is 20.1 Å². The fourth-order valence-electron chi connectivity index (χ4n) is 4.73. The highest BCUT2D eigenvalue weighted by atomic mass is 16.7. The smallest absolute Gasteiger partial charge is 0.303 e. The van der Waals surface area contributed by atoms with Gasteiger partial charge in [-0.3, -0.25) is 4.79 Å². The molecule has 2 aliphatic carbocycles. The highest BCUT2D eigenvalue weighted by Crippen LogP contribution is 2.60. The Balaban J connectivity index is 1.79. The number of fused-ring (bicyclic) bond motifs is 2. The molecule has 1 heterocycles. The van der Waals surface area contributed by atoms with Crippen molar-refractivity contribution in [2.24, 2.45) is 17.3 Å². The van der Waals surface area contributed by atoms with E-state index in [4.69, 9.17) is 14.2 Å². The Morgan fingerprint density at radius 2 is 2.00 bits per heavy atom. The highest BCUT2D eigenvalue weighted by Gasteiger charge is 2.60. The number of rotatable bonds is 4. The zero-order valence-electron chi connectivity index (χ0n) is 15.1. The second kappa shape index (κ2) is 6.63. The molecule has 2 unspecified atom stereocenters. The summed E-state index contributed by atoms with van der Waals surface area (Å²) in [5.41, 5.74) is 1.38. The fourth-order valence-corrected chi connectivity index (χ4v) is 4.73. The van der Waals surface area contributed by atoms with Gasteiger partial charge < -0.3 is 29.5 Å². The third kappa shape index (κ3) is 3.02. The van der Waals surface area contributed by atoms with Gasteiger partial charge in [-0.1, -0.05) is 25.5 Å². The van der Waals surface area contributed by atoms with E-state index in [0.717, 1.165) is 6.42 Å². The number of aliphatic hydroxyl groups excluding tert-OH is 3. The molecule has 3 aliphatic rings. The van der Waals surface area contributed by atoms with Crippen molar-refractivity contribution in [1.82, 2.24) is 0 Å². The standard InChI is InChI=1S/C18H28O7/c1-8-5-6-10-15(12(8)18(10,3)4)25-17-16(23-9(2)20)14(22)13(21)11(7-19)24-17/h5,10-17,19,21-22H,6-7H2,1-4H3/t10?,11-,12?,13-,14+,15-,16-,17+/m1/s1. The summed E-state index contributed by atoms with van der Waals surface area (Å²) in [7, 11) is 0. The van der Waals surface area contributed by atoms with E-state index < -0.39 is 43.3 Å². The maximum absolute atomic E-state index is 11.4. The summed E-state index contributed by atoms with van der Waals surface area (Å²) in [4.78, 5) is 11.4. The van der Waals surface area contributed by atoms with Crippen molar-refractivity contribution in [2.75, 3.05) is 6.61 Å². The first-order chi connectivity index (χ1) is 11.7.